The van der Waals surface area contributed by atoms with Crippen LogP contribution in [0.2, 0.25) is 0 Å². The van der Waals surface area contributed by atoms with Crippen molar-refractivity contribution in [2.45, 2.75) is 13.8 Å². The molecule has 6 nitrogen and oxygen atoms in total. The SMILES string of the molecule is CCOc1ccc(C(=O)N2CCN(C(=O)c3ccco3)CC2)cc1C. The summed E-state index contributed by atoms with van der Waals surface area (Å²) in [5, 5.41) is 0. The Bertz CT molecular complexity index is 747. The van der Waals surface area contributed by atoms with E-state index in [4.69, 9.17) is 9.15 Å². The molecular weight excluding hydrogens is 320 g/mol. The van der Waals surface area contributed by atoms with Crippen LogP contribution in [-0.4, -0.2) is 54.4 Å². The van der Waals surface area contributed by atoms with Crippen molar-refractivity contribution in [1.29, 1.82) is 0 Å². The molecule has 0 bridgehead atoms. The molecule has 0 unspecified atom stereocenters. The summed E-state index contributed by atoms with van der Waals surface area (Å²) < 4.78 is 10.7. The summed E-state index contributed by atoms with van der Waals surface area (Å²) in [5.74, 6) is 0.986. The number of furan rings is 1. The second-order valence-electron chi connectivity index (χ2n) is 5.97. The lowest BCUT2D eigenvalue weighted by Crippen LogP contribution is -2.50. The fourth-order valence-electron chi connectivity index (χ4n) is 2.95. The van der Waals surface area contributed by atoms with Gasteiger partial charge in [0.1, 0.15) is 5.75 Å². The molecule has 0 radical (unpaired) electrons. The van der Waals surface area contributed by atoms with Crippen molar-refractivity contribution in [1.82, 2.24) is 9.80 Å². The van der Waals surface area contributed by atoms with E-state index in [1.54, 1.807) is 28.0 Å². The van der Waals surface area contributed by atoms with Crippen LogP contribution in [0.5, 0.6) is 5.75 Å². The van der Waals surface area contributed by atoms with Crippen molar-refractivity contribution < 1.29 is 18.7 Å². The Kier molecular flexibility index (Phi) is 5.07. The van der Waals surface area contributed by atoms with Crippen LogP contribution in [0, 0.1) is 6.92 Å². The Morgan fingerprint density at radius 3 is 2.32 bits per heavy atom. The van der Waals surface area contributed by atoms with E-state index in [0.29, 0.717) is 44.1 Å². The number of rotatable bonds is 4. The minimum absolute atomic E-state index is 0.0174. The second-order valence-corrected chi connectivity index (χ2v) is 5.97. The molecule has 132 valence electrons. The topological polar surface area (TPSA) is 63.0 Å². The van der Waals surface area contributed by atoms with Crippen molar-refractivity contribution in [3.05, 3.63) is 53.5 Å². The van der Waals surface area contributed by atoms with E-state index in [-0.39, 0.29) is 11.8 Å². The monoisotopic (exact) mass is 342 g/mol. The molecule has 0 spiro atoms. The lowest BCUT2D eigenvalue weighted by Gasteiger charge is -2.34. The highest BCUT2D eigenvalue weighted by Crippen LogP contribution is 2.20. The molecule has 6 heteroatoms. The molecule has 2 aromatic rings. The third kappa shape index (κ3) is 3.68. The number of ether oxygens (including phenoxy) is 1. The van der Waals surface area contributed by atoms with Crippen molar-refractivity contribution in [2.75, 3.05) is 32.8 Å². The molecule has 25 heavy (non-hydrogen) atoms. The summed E-state index contributed by atoms with van der Waals surface area (Å²) in [5.41, 5.74) is 1.59. The van der Waals surface area contributed by atoms with Gasteiger partial charge in [0.15, 0.2) is 5.76 Å². The van der Waals surface area contributed by atoms with E-state index in [2.05, 4.69) is 0 Å². The smallest absolute Gasteiger partial charge is 0.289 e. The first-order chi connectivity index (χ1) is 12.1. The number of benzene rings is 1. The number of piperazine rings is 1. The van der Waals surface area contributed by atoms with Gasteiger partial charge in [0.25, 0.3) is 11.8 Å². The number of carbonyl (C=O) groups excluding carboxylic acids is 2. The van der Waals surface area contributed by atoms with Gasteiger partial charge < -0.3 is 19.0 Å². The van der Waals surface area contributed by atoms with Crippen LogP contribution in [0.15, 0.2) is 41.0 Å². The summed E-state index contributed by atoms with van der Waals surface area (Å²) in [4.78, 5) is 28.4. The molecule has 2 heterocycles. The Hall–Kier alpha value is -2.76. The van der Waals surface area contributed by atoms with E-state index in [0.717, 1.165) is 11.3 Å². The van der Waals surface area contributed by atoms with Crippen molar-refractivity contribution in [3.8, 4) is 5.75 Å². The van der Waals surface area contributed by atoms with Gasteiger partial charge >= 0.3 is 0 Å². The normalized spacial score (nSPS) is 14.5. The summed E-state index contributed by atoms with van der Waals surface area (Å²) >= 11 is 0. The number of amides is 2. The molecular formula is C19H22N2O4. The molecule has 0 atom stereocenters. The quantitative estimate of drug-likeness (QED) is 0.857. The van der Waals surface area contributed by atoms with Gasteiger partial charge in [-0.1, -0.05) is 0 Å². The van der Waals surface area contributed by atoms with E-state index in [1.165, 1.54) is 6.26 Å². The van der Waals surface area contributed by atoms with Crippen molar-refractivity contribution >= 4 is 11.8 Å². The molecule has 1 saturated heterocycles. The van der Waals surface area contributed by atoms with Crippen LogP contribution in [0.3, 0.4) is 0 Å². The van der Waals surface area contributed by atoms with E-state index in [9.17, 15) is 9.59 Å². The first-order valence-electron chi connectivity index (χ1n) is 8.45. The van der Waals surface area contributed by atoms with Crippen LogP contribution in [0.1, 0.15) is 33.4 Å². The van der Waals surface area contributed by atoms with Gasteiger partial charge in [0, 0.05) is 31.7 Å². The Balaban J connectivity index is 1.62. The maximum absolute atomic E-state index is 12.7. The van der Waals surface area contributed by atoms with Crippen LogP contribution in [0.4, 0.5) is 0 Å². The largest absolute Gasteiger partial charge is 0.494 e. The van der Waals surface area contributed by atoms with Gasteiger partial charge in [-0.2, -0.15) is 0 Å². The standard InChI is InChI=1S/C19H22N2O4/c1-3-24-16-7-6-15(13-14(16)2)18(22)20-8-10-21(11-9-20)19(23)17-5-4-12-25-17/h4-7,12-13H,3,8-11H2,1-2H3. The molecule has 1 aromatic carbocycles. The third-order valence-corrected chi connectivity index (χ3v) is 4.31. The van der Waals surface area contributed by atoms with E-state index in [1.807, 2.05) is 26.0 Å². The van der Waals surface area contributed by atoms with Gasteiger partial charge in [0.05, 0.1) is 12.9 Å². The predicted molar refractivity (Wildman–Crippen MR) is 92.9 cm³/mol. The van der Waals surface area contributed by atoms with E-state index < -0.39 is 0 Å². The maximum atomic E-state index is 12.7. The number of hydrogen-bond acceptors (Lipinski definition) is 4. The highest BCUT2D eigenvalue weighted by atomic mass is 16.5. The number of nitrogens with zero attached hydrogens (tertiary/aromatic N) is 2. The van der Waals surface area contributed by atoms with Crippen LogP contribution >= 0.6 is 0 Å². The Labute approximate surface area is 147 Å². The minimum Gasteiger partial charge on any atom is -0.494 e. The average Bonchev–Trinajstić information content (AvgIpc) is 3.17. The number of carbonyl (C=O) groups is 2. The van der Waals surface area contributed by atoms with Gasteiger partial charge in [0.2, 0.25) is 0 Å². The maximum Gasteiger partial charge on any atom is 0.289 e. The third-order valence-electron chi connectivity index (χ3n) is 4.31. The first-order valence-corrected chi connectivity index (χ1v) is 8.45. The number of hydrogen-bond donors (Lipinski definition) is 0. The minimum atomic E-state index is -0.131. The van der Waals surface area contributed by atoms with Gasteiger partial charge in [-0.15, -0.1) is 0 Å². The van der Waals surface area contributed by atoms with Gasteiger partial charge in [-0.3, -0.25) is 9.59 Å². The van der Waals surface area contributed by atoms with Gasteiger partial charge in [-0.05, 0) is 49.7 Å². The van der Waals surface area contributed by atoms with E-state index >= 15 is 0 Å². The Morgan fingerprint density at radius 2 is 1.76 bits per heavy atom. The zero-order valence-electron chi connectivity index (χ0n) is 14.5. The Morgan fingerprint density at radius 1 is 1.08 bits per heavy atom. The molecule has 2 amide bonds. The molecule has 0 N–H and O–H groups in total. The molecule has 0 saturated carbocycles. The van der Waals surface area contributed by atoms with Gasteiger partial charge in [-0.25, -0.2) is 0 Å². The van der Waals surface area contributed by atoms with Crippen molar-refractivity contribution in [2.24, 2.45) is 0 Å². The first kappa shape index (κ1) is 17.1. The molecule has 3 rings (SSSR count). The lowest BCUT2D eigenvalue weighted by atomic mass is 10.1. The molecule has 0 aliphatic carbocycles. The highest BCUT2D eigenvalue weighted by Gasteiger charge is 2.26. The highest BCUT2D eigenvalue weighted by molar-refractivity contribution is 5.95. The van der Waals surface area contributed by atoms with Crippen LogP contribution < -0.4 is 4.74 Å². The summed E-state index contributed by atoms with van der Waals surface area (Å²) in [6.07, 6.45) is 1.49. The lowest BCUT2D eigenvalue weighted by molar-refractivity contribution is 0.0518. The second kappa shape index (κ2) is 7.42. The summed E-state index contributed by atoms with van der Waals surface area (Å²) in [7, 11) is 0. The van der Waals surface area contributed by atoms with Crippen LogP contribution in [0.25, 0.3) is 0 Å². The zero-order valence-corrected chi connectivity index (χ0v) is 14.5. The molecule has 1 aliphatic heterocycles. The summed E-state index contributed by atoms with van der Waals surface area (Å²) in [6, 6.07) is 8.83. The van der Waals surface area contributed by atoms with Crippen molar-refractivity contribution in [3.63, 3.8) is 0 Å². The molecule has 1 aromatic heterocycles. The zero-order chi connectivity index (χ0) is 17.8. The predicted octanol–water partition coefficient (Wildman–Crippen LogP) is 2.58. The fraction of sp³-hybridized carbons (Fsp3) is 0.368. The fourth-order valence-corrected chi connectivity index (χ4v) is 2.95. The molecule has 1 aliphatic rings. The number of aryl methyl sites for hydroxylation is 1. The van der Waals surface area contributed by atoms with Crippen LogP contribution in [-0.2, 0) is 0 Å². The summed E-state index contributed by atoms with van der Waals surface area (Å²) in [6.45, 7) is 6.49. The molecule has 1 fully saturated rings. The average molecular weight is 342 g/mol.